The van der Waals surface area contributed by atoms with Gasteiger partial charge in [0.05, 0.1) is 6.61 Å². The Balaban J connectivity index is 0. The summed E-state index contributed by atoms with van der Waals surface area (Å²) < 4.78 is 35.7. The minimum Gasteiger partial charge on any atom is -0.462 e. The Labute approximate surface area is 129 Å². The van der Waals surface area contributed by atoms with Gasteiger partial charge in [-0.2, -0.15) is 8.78 Å². The summed E-state index contributed by atoms with van der Waals surface area (Å²) in [6.45, 7) is 5.19. The number of benzene rings is 1. The standard InChI is InChI=1S/C12H15F2NO2.C2H6O.CH2O/c1-3-17-11(16)12(13,14)10(15)9-6-4-8(2)5-7-9;1-3-2;1-2/h4-7,10H,3,15H2,1-2H3;1-2H3;1H2. The van der Waals surface area contributed by atoms with Gasteiger partial charge in [-0.15, -0.1) is 0 Å². The highest BCUT2D eigenvalue weighted by Crippen LogP contribution is 2.30. The molecule has 0 saturated heterocycles. The Morgan fingerprint density at radius 3 is 2.05 bits per heavy atom. The van der Waals surface area contributed by atoms with Crippen LogP contribution in [0.1, 0.15) is 24.1 Å². The summed E-state index contributed by atoms with van der Waals surface area (Å²) in [6.07, 6.45) is 0. The Morgan fingerprint density at radius 1 is 1.27 bits per heavy atom. The molecule has 0 radical (unpaired) electrons. The number of hydrogen-bond donors (Lipinski definition) is 1. The highest BCUT2D eigenvalue weighted by Gasteiger charge is 2.47. The van der Waals surface area contributed by atoms with E-state index in [1.54, 1.807) is 26.4 Å². The topological polar surface area (TPSA) is 78.6 Å². The Bertz CT molecular complexity index is 424. The summed E-state index contributed by atoms with van der Waals surface area (Å²) in [5.41, 5.74) is 6.54. The molecule has 0 spiro atoms. The highest BCUT2D eigenvalue weighted by molar-refractivity contribution is 5.78. The van der Waals surface area contributed by atoms with Gasteiger partial charge in [0.15, 0.2) is 0 Å². The van der Waals surface area contributed by atoms with Crippen molar-refractivity contribution in [1.82, 2.24) is 0 Å². The molecule has 7 heteroatoms. The van der Waals surface area contributed by atoms with Crippen molar-refractivity contribution in [2.24, 2.45) is 5.73 Å². The predicted molar refractivity (Wildman–Crippen MR) is 79.7 cm³/mol. The average molecular weight is 319 g/mol. The number of carbonyl (C=O) groups excluding carboxylic acids is 2. The Hall–Kier alpha value is -1.86. The Morgan fingerprint density at radius 2 is 1.68 bits per heavy atom. The van der Waals surface area contributed by atoms with Gasteiger partial charge in [-0.25, -0.2) is 4.79 Å². The molecule has 1 unspecified atom stereocenters. The van der Waals surface area contributed by atoms with Crippen LogP contribution >= 0.6 is 0 Å². The number of aryl methyl sites for hydroxylation is 1. The molecule has 1 rings (SSSR count). The SMILES string of the molecule is C=O.CCOC(=O)C(F)(F)C(N)c1ccc(C)cc1.COC. The zero-order chi connectivity index (χ0) is 17.8. The van der Waals surface area contributed by atoms with Crippen LogP contribution < -0.4 is 5.73 Å². The van der Waals surface area contributed by atoms with Crippen molar-refractivity contribution in [1.29, 1.82) is 0 Å². The van der Waals surface area contributed by atoms with Crippen molar-refractivity contribution in [3.8, 4) is 0 Å². The molecule has 0 heterocycles. The number of nitrogens with two attached hydrogens (primary N) is 1. The number of methoxy groups -OCH3 is 1. The van der Waals surface area contributed by atoms with Gasteiger partial charge in [0.25, 0.3) is 0 Å². The number of alkyl halides is 2. The van der Waals surface area contributed by atoms with Gasteiger partial charge in [-0.1, -0.05) is 29.8 Å². The minimum absolute atomic E-state index is 0.102. The molecule has 0 aliphatic rings. The van der Waals surface area contributed by atoms with Crippen LogP contribution in [0, 0.1) is 6.92 Å². The summed E-state index contributed by atoms with van der Waals surface area (Å²) in [7, 11) is 3.25. The minimum atomic E-state index is -3.72. The zero-order valence-electron chi connectivity index (χ0n) is 13.3. The molecule has 22 heavy (non-hydrogen) atoms. The first kappa shape index (κ1) is 22.4. The van der Waals surface area contributed by atoms with Crippen molar-refractivity contribution < 1.29 is 27.8 Å². The lowest BCUT2D eigenvalue weighted by molar-refractivity contribution is -0.174. The lowest BCUT2D eigenvalue weighted by Crippen LogP contribution is -2.41. The fraction of sp³-hybridized carbons (Fsp3) is 0.467. The average Bonchev–Trinajstić information content (AvgIpc) is 2.50. The van der Waals surface area contributed by atoms with Gasteiger partial charge >= 0.3 is 11.9 Å². The normalized spacial score (nSPS) is 11.2. The summed E-state index contributed by atoms with van der Waals surface area (Å²) in [5.74, 6) is -5.31. The molecular formula is C15H23F2NO4. The van der Waals surface area contributed by atoms with Crippen molar-refractivity contribution >= 4 is 12.8 Å². The molecule has 5 nitrogen and oxygen atoms in total. The van der Waals surface area contributed by atoms with E-state index >= 15 is 0 Å². The predicted octanol–water partition coefficient (Wildman–Crippen LogP) is 2.27. The third-order valence-electron chi connectivity index (χ3n) is 2.37. The zero-order valence-corrected chi connectivity index (χ0v) is 13.3. The van der Waals surface area contributed by atoms with Crippen LogP contribution in [-0.2, 0) is 19.1 Å². The van der Waals surface area contributed by atoms with Crippen LogP contribution in [-0.4, -0.2) is 39.5 Å². The molecule has 0 amide bonds. The number of carbonyl (C=O) groups is 2. The first-order chi connectivity index (χ1) is 10.3. The summed E-state index contributed by atoms with van der Waals surface area (Å²) in [6, 6.07) is 4.59. The Kier molecular flexibility index (Phi) is 12.0. The van der Waals surface area contributed by atoms with E-state index in [4.69, 9.17) is 10.5 Å². The second-order valence-corrected chi connectivity index (χ2v) is 4.14. The maximum atomic E-state index is 13.6. The summed E-state index contributed by atoms with van der Waals surface area (Å²) >= 11 is 0. The molecule has 0 fully saturated rings. The van der Waals surface area contributed by atoms with E-state index in [0.717, 1.165) is 5.56 Å². The second-order valence-electron chi connectivity index (χ2n) is 4.14. The third kappa shape index (κ3) is 7.24. The van der Waals surface area contributed by atoms with E-state index in [1.807, 2.05) is 13.7 Å². The number of hydrogen-bond acceptors (Lipinski definition) is 5. The molecular weight excluding hydrogens is 296 g/mol. The molecule has 2 N–H and O–H groups in total. The third-order valence-corrected chi connectivity index (χ3v) is 2.37. The quantitative estimate of drug-likeness (QED) is 0.861. The molecule has 1 atom stereocenters. The second kappa shape index (κ2) is 11.8. The maximum Gasteiger partial charge on any atom is 0.379 e. The summed E-state index contributed by atoms with van der Waals surface area (Å²) in [4.78, 5) is 19.1. The van der Waals surface area contributed by atoms with E-state index in [1.165, 1.54) is 19.1 Å². The van der Waals surface area contributed by atoms with Gasteiger partial charge in [-0.3, -0.25) is 0 Å². The molecule has 0 saturated carbocycles. The smallest absolute Gasteiger partial charge is 0.379 e. The molecule has 0 aromatic heterocycles. The fourth-order valence-corrected chi connectivity index (χ4v) is 1.34. The van der Waals surface area contributed by atoms with Crippen LogP contribution in [0.3, 0.4) is 0 Å². The van der Waals surface area contributed by atoms with E-state index < -0.39 is 17.9 Å². The molecule has 0 aliphatic heterocycles. The molecule has 1 aromatic carbocycles. The number of ether oxygens (including phenoxy) is 2. The van der Waals surface area contributed by atoms with E-state index in [-0.39, 0.29) is 12.2 Å². The van der Waals surface area contributed by atoms with Crippen LogP contribution in [0.4, 0.5) is 8.78 Å². The van der Waals surface area contributed by atoms with Crippen molar-refractivity contribution in [3.05, 3.63) is 35.4 Å². The lowest BCUT2D eigenvalue weighted by atomic mass is 10.0. The monoisotopic (exact) mass is 319 g/mol. The highest BCUT2D eigenvalue weighted by atomic mass is 19.3. The van der Waals surface area contributed by atoms with E-state index in [2.05, 4.69) is 9.47 Å². The maximum absolute atomic E-state index is 13.6. The van der Waals surface area contributed by atoms with Crippen LogP contribution in [0.15, 0.2) is 24.3 Å². The van der Waals surface area contributed by atoms with Gasteiger partial charge in [-0.05, 0) is 19.4 Å². The number of halogens is 2. The lowest BCUT2D eigenvalue weighted by Gasteiger charge is -2.21. The van der Waals surface area contributed by atoms with Gasteiger partial charge in [0.1, 0.15) is 12.8 Å². The molecule has 1 aromatic rings. The van der Waals surface area contributed by atoms with Crippen LogP contribution in [0.5, 0.6) is 0 Å². The van der Waals surface area contributed by atoms with Crippen LogP contribution in [0.2, 0.25) is 0 Å². The van der Waals surface area contributed by atoms with Crippen molar-refractivity contribution in [3.63, 3.8) is 0 Å². The largest absolute Gasteiger partial charge is 0.462 e. The molecule has 0 aliphatic carbocycles. The molecule has 126 valence electrons. The first-order valence-corrected chi connectivity index (χ1v) is 6.37. The van der Waals surface area contributed by atoms with Gasteiger partial charge in [0, 0.05) is 14.2 Å². The van der Waals surface area contributed by atoms with Crippen molar-refractivity contribution in [2.75, 3.05) is 20.8 Å². The number of rotatable bonds is 4. The summed E-state index contributed by atoms with van der Waals surface area (Å²) in [5, 5.41) is 0. The van der Waals surface area contributed by atoms with Gasteiger partial charge < -0.3 is 20.0 Å². The van der Waals surface area contributed by atoms with E-state index in [9.17, 15) is 13.6 Å². The van der Waals surface area contributed by atoms with Crippen LogP contribution in [0.25, 0.3) is 0 Å². The fourth-order valence-electron chi connectivity index (χ4n) is 1.34. The van der Waals surface area contributed by atoms with E-state index in [0.29, 0.717) is 0 Å². The number of esters is 1. The van der Waals surface area contributed by atoms with Gasteiger partial charge in [0.2, 0.25) is 0 Å². The first-order valence-electron chi connectivity index (χ1n) is 6.37. The molecule has 0 bridgehead atoms. The van der Waals surface area contributed by atoms with Crippen molar-refractivity contribution in [2.45, 2.75) is 25.8 Å².